The van der Waals surface area contributed by atoms with Gasteiger partial charge in [-0.1, -0.05) is 98.8 Å². The second kappa shape index (κ2) is 11.8. The van der Waals surface area contributed by atoms with Crippen LogP contribution < -0.4 is 21.2 Å². The van der Waals surface area contributed by atoms with Gasteiger partial charge in [0.1, 0.15) is 29.8 Å². The molecule has 0 saturated heterocycles. The van der Waals surface area contributed by atoms with Gasteiger partial charge >= 0.3 is 6.09 Å². The molecule has 0 aliphatic rings. The first kappa shape index (κ1) is 24.7. The van der Waals surface area contributed by atoms with Gasteiger partial charge in [0.15, 0.2) is 5.78 Å². The first-order valence-corrected chi connectivity index (χ1v) is 14.0. The van der Waals surface area contributed by atoms with Crippen molar-refractivity contribution in [1.82, 2.24) is 5.32 Å². The van der Waals surface area contributed by atoms with E-state index in [0.29, 0.717) is 5.92 Å². The van der Waals surface area contributed by atoms with Crippen LogP contribution in [0.4, 0.5) is 4.79 Å². The lowest BCUT2D eigenvalue weighted by Gasteiger charge is -2.35. The van der Waals surface area contributed by atoms with Crippen LogP contribution in [0.3, 0.4) is 0 Å². The fourth-order valence-corrected chi connectivity index (χ4v) is 9.58. The number of benzene rings is 4. The summed E-state index contributed by atoms with van der Waals surface area (Å²) in [5.74, 6) is 0.253. The van der Waals surface area contributed by atoms with Crippen LogP contribution in [-0.2, 0) is 11.3 Å². The Labute approximate surface area is 209 Å². The van der Waals surface area contributed by atoms with E-state index in [-0.39, 0.29) is 18.5 Å². The van der Waals surface area contributed by atoms with E-state index >= 15 is 0 Å². The number of rotatable bonds is 9. The number of nitrogens with one attached hydrogen (secondary N) is 1. The Balaban J connectivity index is 1.81. The van der Waals surface area contributed by atoms with E-state index in [4.69, 9.17) is 4.74 Å². The molecule has 0 bridgehead atoms. The molecule has 0 unspecified atom stereocenters. The summed E-state index contributed by atoms with van der Waals surface area (Å²) in [7, 11) is -2.28. The molecule has 3 nitrogen and oxygen atoms in total. The van der Waals surface area contributed by atoms with Crippen LogP contribution in [0.1, 0.15) is 25.8 Å². The van der Waals surface area contributed by atoms with E-state index < -0.39 is 7.26 Å². The zero-order valence-electron chi connectivity index (χ0n) is 20.4. The Morgan fingerprint density at radius 1 is 0.686 bits per heavy atom. The molecule has 4 aromatic carbocycles. The highest BCUT2D eigenvalue weighted by molar-refractivity contribution is 7.96. The van der Waals surface area contributed by atoms with E-state index in [1.54, 1.807) is 0 Å². The fraction of sp³-hybridized carbons (Fsp3) is 0.194. The Morgan fingerprint density at radius 2 is 1.09 bits per heavy atom. The highest BCUT2D eigenvalue weighted by Crippen LogP contribution is 2.60. The summed E-state index contributed by atoms with van der Waals surface area (Å²) in [6, 6.07) is 41.7. The van der Waals surface area contributed by atoms with Gasteiger partial charge in [0.2, 0.25) is 0 Å². The van der Waals surface area contributed by atoms with Gasteiger partial charge in [-0.05, 0) is 47.9 Å². The van der Waals surface area contributed by atoms with Crippen molar-refractivity contribution in [1.29, 1.82) is 0 Å². The first-order chi connectivity index (χ1) is 17.1. The normalized spacial score (nSPS) is 12.2. The summed E-state index contributed by atoms with van der Waals surface area (Å²) in [6.07, 6.45) is 0.444. The highest BCUT2D eigenvalue weighted by atomic mass is 31.2. The third-order valence-electron chi connectivity index (χ3n) is 6.15. The number of amides is 1. The molecule has 4 rings (SSSR count). The minimum absolute atomic E-state index is 0.127. The van der Waals surface area contributed by atoms with Crippen molar-refractivity contribution < 1.29 is 9.53 Å². The smallest absolute Gasteiger partial charge is 0.410 e. The van der Waals surface area contributed by atoms with Crippen LogP contribution in [0.15, 0.2) is 121 Å². The molecule has 0 fully saturated rings. The Morgan fingerprint density at radius 3 is 1.49 bits per heavy atom. The second-order valence-corrected chi connectivity index (χ2v) is 12.7. The maximum Gasteiger partial charge on any atom is 0.410 e. The zero-order chi connectivity index (χ0) is 24.5. The number of hydrogen-bond acceptors (Lipinski definition) is 2. The van der Waals surface area contributed by atoms with Crippen LogP contribution >= 0.6 is 7.26 Å². The summed E-state index contributed by atoms with van der Waals surface area (Å²) in [4.78, 5) is 13.2. The summed E-state index contributed by atoms with van der Waals surface area (Å²) in [5, 5.41) is 7.07. The number of alkyl carbamates (subject to hydrolysis) is 1. The maximum absolute atomic E-state index is 13.2. The number of ether oxygens (including phenoxy) is 1. The number of carbonyl (C=O) groups excluding carboxylic acids is 1. The molecule has 35 heavy (non-hydrogen) atoms. The molecule has 178 valence electrons. The van der Waals surface area contributed by atoms with Gasteiger partial charge in [-0.15, -0.1) is 0 Å². The molecular weight excluding hydrogens is 449 g/mol. The quantitative estimate of drug-likeness (QED) is 0.285. The van der Waals surface area contributed by atoms with Crippen molar-refractivity contribution in [2.24, 2.45) is 5.92 Å². The molecule has 0 aliphatic carbocycles. The molecule has 4 aromatic rings. The van der Waals surface area contributed by atoms with Crippen molar-refractivity contribution in [3.63, 3.8) is 0 Å². The molecule has 0 spiro atoms. The Bertz CT molecular complexity index is 1090. The molecule has 0 radical (unpaired) electrons. The van der Waals surface area contributed by atoms with Gasteiger partial charge in [-0.3, -0.25) is 5.32 Å². The summed E-state index contributed by atoms with van der Waals surface area (Å²) in [6.45, 7) is 4.66. The molecule has 1 N–H and O–H groups in total. The van der Waals surface area contributed by atoms with E-state index in [1.807, 2.05) is 48.5 Å². The van der Waals surface area contributed by atoms with Crippen LogP contribution in [-0.4, -0.2) is 11.9 Å². The Hall–Kier alpha value is -3.42. The number of carbonyl (C=O) groups is 1. The zero-order valence-corrected chi connectivity index (χ0v) is 21.3. The van der Waals surface area contributed by atoms with Gasteiger partial charge in [0, 0.05) is 6.42 Å². The summed E-state index contributed by atoms with van der Waals surface area (Å²) in [5.41, 5.74) is 0.971. The van der Waals surface area contributed by atoms with E-state index in [9.17, 15) is 4.79 Å². The van der Waals surface area contributed by atoms with Crippen molar-refractivity contribution in [3.8, 4) is 0 Å². The van der Waals surface area contributed by atoms with E-state index in [1.165, 1.54) is 15.9 Å². The van der Waals surface area contributed by atoms with E-state index in [0.717, 1.165) is 12.0 Å². The maximum atomic E-state index is 13.2. The standard InChI is InChI=1S/C31H32NO2P/c1-25(2)23-30(32-31(33)34-24-26-15-7-3-8-16-26)35(27-17-9-4-10-18-27,28-19-11-5-12-20-28)29-21-13-6-14-22-29/h3-22,25,30H,23-24H2,1-2H3/p+1/t30-/m0/s1. The SMILES string of the molecule is CC(C)C[C@@H](NC(=O)OCc1ccccc1)[P+](c1ccccc1)(c1ccccc1)c1ccccc1. The molecule has 1 atom stereocenters. The molecule has 1 amide bonds. The monoisotopic (exact) mass is 482 g/mol. The minimum Gasteiger partial charge on any atom is -0.445 e. The van der Waals surface area contributed by atoms with Gasteiger partial charge < -0.3 is 4.74 Å². The van der Waals surface area contributed by atoms with E-state index in [2.05, 4.69) is 92.0 Å². The van der Waals surface area contributed by atoms with Crippen LogP contribution in [0, 0.1) is 5.92 Å². The largest absolute Gasteiger partial charge is 0.445 e. The van der Waals surface area contributed by atoms with Crippen LogP contribution in [0.25, 0.3) is 0 Å². The van der Waals surface area contributed by atoms with Crippen molar-refractivity contribution in [2.75, 3.05) is 0 Å². The number of hydrogen-bond donors (Lipinski definition) is 1. The lowest BCUT2D eigenvalue weighted by Crippen LogP contribution is -2.48. The predicted octanol–water partition coefficient (Wildman–Crippen LogP) is 6.28. The highest BCUT2D eigenvalue weighted by Gasteiger charge is 2.53. The molecule has 0 saturated carbocycles. The van der Waals surface area contributed by atoms with Crippen LogP contribution in [0.5, 0.6) is 0 Å². The first-order valence-electron chi connectivity index (χ1n) is 12.1. The fourth-order valence-electron chi connectivity index (χ4n) is 4.64. The average molecular weight is 483 g/mol. The Kier molecular flexibility index (Phi) is 8.34. The minimum atomic E-state index is -2.28. The second-order valence-electron chi connectivity index (χ2n) is 9.08. The molecule has 0 aromatic heterocycles. The van der Waals surface area contributed by atoms with Crippen molar-refractivity contribution in [3.05, 3.63) is 127 Å². The predicted molar refractivity (Wildman–Crippen MR) is 148 cm³/mol. The molecule has 0 heterocycles. The molecular formula is C31H33NO2P+. The lowest BCUT2D eigenvalue weighted by molar-refractivity contribution is 0.138. The topological polar surface area (TPSA) is 38.3 Å². The third-order valence-corrected chi connectivity index (χ3v) is 10.8. The molecule has 4 heteroatoms. The summed E-state index contributed by atoms with van der Waals surface area (Å²) < 4.78 is 5.71. The third kappa shape index (κ3) is 5.81. The van der Waals surface area contributed by atoms with Gasteiger partial charge in [-0.2, -0.15) is 0 Å². The van der Waals surface area contributed by atoms with Crippen LogP contribution in [0.2, 0.25) is 0 Å². The van der Waals surface area contributed by atoms with Gasteiger partial charge in [0.25, 0.3) is 0 Å². The van der Waals surface area contributed by atoms with Crippen molar-refractivity contribution in [2.45, 2.75) is 32.7 Å². The lowest BCUT2D eigenvalue weighted by atomic mass is 10.1. The van der Waals surface area contributed by atoms with Gasteiger partial charge in [0.05, 0.1) is 0 Å². The van der Waals surface area contributed by atoms with Gasteiger partial charge in [-0.25, -0.2) is 4.79 Å². The molecule has 0 aliphatic heterocycles. The average Bonchev–Trinajstić information content (AvgIpc) is 2.90. The summed E-state index contributed by atoms with van der Waals surface area (Å²) >= 11 is 0. The van der Waals surface area contributed by atoms with Crippen molar-refractivity contribution >= 4 is 29.3 Å².